The maximum atomic E-state index is 12.6. The molecule has 138 valence electrons. The Hall–Kier alpha value is -2.04. The molecule has 0 spiro atoms. The van der Waals surface area contributed by atoms with E-state index in [1.165, 1.54) is 0 Å². The molecule has 0 saturated carbocycles. The van der Waals surface area contributed by atoms with Crippen molar-refractivity contribution < 1.29 is 14.3 Å². The third-order valence-corrected chi connectivity index (χ3v) is 4.83. The summed E-state index contributed by atoms with van der Waals surface area (Å²) >= 11 is 5.64. The molecule has 5 heteroatoms. The lowest BCUT2D eigenvalue weighted by Gasteiger charge is -2.18. The van der Waals surface area contributed by atoms with Crippen molar-refractivity contribution in [3.05, 3.63) is 52.8 Å². The number of carbonyl (C=O) groups excluding carboxylic acids is 1. The summed E-state index contributed by atoms with van der Waals surface area (Å²) in [7, 11) is 0. The highest BCUT2D eigenvalue weighted by Gasteiger charge is 2.29. The Morgan fingerprint density at radius 3 is 2.58 bits per heavy atom. The van der Waals surface area contributed by atoms with Crippen LogP contribution in [-0.2, 0) is 9.53 Å². The fraction of sp³-hybridized carbons (Fsp3) is 0.381. The molecule has 0 amide bonds. The number of fused-ring (bicyclic) bond motifs is 3. The number of Topliss-reactive ketones (excluding diaryl/α,β-unsaturated/α-hetero) is 1. The molecular weight excluding hydrogens is 350 g/mol. The maximum Gasteiger partial charge on any atom is 0.228 e. The van der Waals surface area contributed by atoms with E-state index in [1.54, 1.807) is 6.08 Å². The zero-order chi connectivity index (χ0) is 18.5. The van der Waals surface area contributed by atoms with Crippen molar-refractivity contribution in [3.63, 3.8) is 0 Å². The first-order chi connectivity index (χ1) is 12.7. The fourth-order valence-electron chi connectivity index (χ4n) is 3.20. The number of ether oxygens (including phenoxy) is 2. The Morgan fingerprint density at radius 1 is 1.04 bits per heavy atom. The van der Waals surface area contributed by atoms with E-state index in [9.17, 15) is 4.79 Å². The molecule has 0 heterocycles. The number of likely N-dealkylation sites (N-methyl/N-ethyl adjacent to an activating group) is 1. The molecule has 0 radical (unpaired) electrons. The van der Waals surface area contributed by atoms with Gasteiger partial charge in [0, 0.05) is 12.1 Å². The maximum absolute atomic E-state index is 12.6. The van der Waals surface area contributed by atoms with Crippen LogP contribution in [-0.4, -0.2) is 49.4 Å². The number of hydrogen-bond donors (Lipinski definition) is 0. The molecule has 0 N–H and O–H groups in total. The highest BCUT2D eigenvalue weighted by Crippen LogP contribution is 2.40. The summed E-state index contributed by atoms with van der Waals surface area (Å²) in [5.74, 6) is 1.44. The molecule has 0 fully saturated rings. The first-order valence-electron chi connectivity index (χ1n) is 9.05. The molecule has 2 aliphatic rings. The highest BCUT2D eigenvalue weighted by molar-refractivity contribution is 6.25. The summed E-state index contributed by atoms with van der Waals surface area (Å²) in [5, 5.41) is 0. The number of allylic oxidation sites excluding steroid dienone is 4. The number of hydrogen-bond acceptors (Lipinski definition) is 4. The Kier molecular flexibility index (Phi) is 6.17. The first-order valence-corrected chi connectivity index (χ1v) is 9.58. The van der Waals surface area contributed by atoms with Crippen LogP contribution in [0, 0.1) is 0 Å². The minimum Gasteiger partial charge on any atom is -0.492 e. The van der Waals surface area contributed by atoms with E-state index in [4.69, 9.17) is 21.1 Å². The van der Waals surface area contributed by atoms with Crippen molar-refractivity contribution >= 4 is 29.0 Å². The zero-order valence-electron chi connectivity index (χ0n) is 15.3. The fourth-order valence-corrected chi connectivity index (χ4v) is 3.28. The molecule has 3 rings (SSSR count). The van der Waals surface area contributed by atoms with Gasteiger partial charge in [0.15, 0.2) is 5.76 Å². The quantitative estimate of drug-likeness (QED) is 0.615. The van der Waals surface area contributed by atoms with Crippen molar-refractivity contribution in [1.82, 2.24) is 4.90 Å². The second-order valence-corrected chi connectivity index (χ2v) is 6.54. The van der Waals surface area contributed by atoms with Crippen LogP contribution in [0.1, 0.15) is 25.0 Å². The van der Waals surface area contributed by atoms with Gasteiger partial charge in [-0.15, -0.1) is 11.6 Å². The Bertz CT molecular complexity index is 775. The molecule has 26 heavy (non-hydrogen) atoms. The largest absolute Gasteiger partial charge is 0.492 e. The number of halogens is 1. The average Bonchev–Trinajstić information content (AvgIpc) is 3.03. The average molecular weight is 374 g/mol. The number of ketones is 1. The van der Waals surface area contributed by atoms with Gasteiger partial charge in [-0.05, 0) is 60.2 Å². The van der Waals surface area contributed by atoms with E-state index < -0.39 is 0 Å². The van der Waals surface area contributed by atoms with Crippen molar-refractivity contribution in [2.45, 2.75) is 13.8 Å². The third-order valence-electron chi connectivity index (χ3n) is 4.68. The van der Waals surface area contributed by atoms with Crippen LogP contribution < -0.4 is 4.74 Å². The van der Waals surface area contributed by atoms with Gasteiger partial charge in [0.25, 0.3) is 0 Å². The second-order valence-electron chi connectivity index (χ2n) is 6.16. The van der Waals surface area contributed by atoms with E-state index in [-0.39, 0.29) is 5.78 Å². The van der Waals surface area contributed by atoms with Crippen LogP contribution in [0.4, 0.5) is 0 Å². The van der Waals surface area contributed by atoms with Gasteiger partial charge in [0.05, 0.1) is 5.88 Å². The van der Waals surface area contributed by atoms with Crippen molar-refractivity contribution in [1.29, 1.82) is 0 Å². The van der Waals surface area contributed by atoms with Crippen LogP contribution in [0.3, 0.4) is 0 Å². The van der Waals surface area contributed by atoms with Crippen LogP contribution in [0.2, 0.25) is 0 Å². The SMILES string of the molecule is CCN(CC)CCOc1ccc2c(c1)C=C1C(=O)C(OCCCl)=CC=C12. The minimum absolute atomic E-state index is 0.0900. The lowest BCUT2D eigenvalue weighted by Crippen LogP contribution is -2.27. The minimum atomic E-state index is -0.0900. The smallest absolute Gasteiger partial charge is 0.228 e. The summed E-state index contributed by atoms with van der Waals surface area (Å²) in [5.41, 5.74) is 3.68. The van der Waals surface area contributed by atoms with Crippen LogP contribution in [0.15, 0.2) is 41.7 Å². The predicted octanol–water partition coefficient (Wildman–Crippen LogP) is 3.91. The molecular formula is C21H24ClNO3. The number of alkyl halides is 1. The topological polar surface area (TPSA) is 38.8 Å². The number of rotatable bonds is 9. The highest BCUT2D eigenvalue weighted by atomic mass is 35.5. The van der Waals surface area contributed by atoms with Crippen LogP contribution in [0.25, 0.3) is 11.6 Å². The van der Waals surface area contributed by atoms with Crippen LogP contribution in [0.5, 0.6) is 5.75 Å². The Morgan fingerprint density at radius 2 is 1.85 bits per heavy atom. The van der Waals surface area contributed by atoms with Gasteiger partial charge in [0.2, 0.25) is 5.78 Å². The van der Waals surface area contributed by atoms with Crippen molar-refractivity contribution in [2.24, 2.45) is 0 Å². The molecule has 1 aromatic rings. The monoisotopic (exact) mass is 373 g/mol. The van der Waals surface area contributed by atoms with E-state index in [1.807, 2.05) is 30.4 Å². The van der Waals surface area contributed by atoms with Gasteiger partial charge in [-0.25, -0.2) is 0 Å². The summed E-state index contributed by atoms with van der Waals surface area (Å²) in [6.07, 6.45) is 5.58. The molecule has 0 unspecified atom stereocenters. The summed E-state index contributed by atoms with van der Waals surface area (Å²) < 4.78 is 11.3. The zero-order valence-corrected chi connectivity index (χ0v) is 16.0. The van der Waals surface area contributed by atoms with Gasteiger partial charge >= 0.3 is 0 Å². The standard InChI is InChI=1S/C21H24ClNO3/c1-3-23(4-2)10-12-25-16-5-6-17-15(13-16)14-19-18(17)7-8-20(21(19)24)26-11-9-22/h5-8,13-14H,3-4,9-12H2,1-2H3. The van der Waals surface area contributed by atoms with Gasteiger partial charge < -0.3 is 14.4 Å². The van der Waals surface area contributed by atoms with Gasteiger partial charge in [-0.3, -0.25) is 4.79 Å². The number of nitrogens with zero attached hydrogens (tertiary/aromatic N) is 1. The molecule has 4 nitrogen and oxygen atoms in total. The lowest BCUT2D eigenvalue weighted by molar-refractivity contribution is -0.115. The Labute approximate surface area is 159 Å². The van der Waals surface area contributed by atoms with Gasteiger partial charge in [0.1, 0.15) is 19.0 Å². The van der Waals surface area contributed by atoms with Crippen molar-refractivity contribution in [2.75, 3.05) is 38.7 Å². The molecule has 0 saturated heterocycles. The summed E-state index contributed by atoms with van der Waals surface area (Å²) in [4.78, 5) is 14.9. The normalized spacial score (nSPS) is 15.2. The van der Waals surface area contributed by atoms with E-state index in [2.05, 4.69) is 18.7 Å². The van der Waals surface area contributed by atoms with E-state index in [0.717, 1.165) is 42.1 Å². The van der Waals surface area contributed by atoms with Crippen LogP contribution >= 0.6 is 11.6 Å². The van der Waals surface area contributed by atoms with Crippen molar-refractivity contribution in [3.8, 4) is 5.75 Å². The molecule has 0 bridgehead atoms. The number of carbonyl (C=O) groups is 1. The summed E-state index contributed by atoms with van der Waals surface area (Å²) in [6, 6.07) is 5.98. The lowest BCUT2D eigenvalue weighted by atomic mass is 9.95. The predicted molar refractivity (Wildman–Crippen MR) is 105 cm³/mol. The third kappa shape index (κ3) is 3.87. The molecule has 1 aromatic carbocycles. The molecule has 0 aromatic heterocycles. The molecule has 0 aliphatic heterocycles. The molecule has 2 aliphatic carbocycles. The number of benzene rings is 1. The first kappa shape index (κ1) is 18.7. The van der Waals surface area contributed by atoms with Gasteiger partial charge in [-0.2, -0.15) is 0 Å². The van der Waals surface area contributed by atoms with Gasteiger partial charge in [-0.1, -0.05) is 19.9 Å². The molecule has 0 atom stereocenters. The Balaban J connectivity index is 1.71. The van der Waals surface area contributed by atoms with E-state index >= 15 is 0 Å². The second kappa shape index (κ2) is 8.56. The summed E-state index contributed by atoms with van der Waals surface area (Å²) in [6.45, 7) is 8.22. The van der Waals surface area contributed by atoms with E-state index in [0.29, 0.717) is 30.4 Å².